The van der Waals surface area contributed by atoms with Crippen LogP contribution in [0.3, 0.4) is 0 Å². The molecule has 2 aromatic rings. The predicted molar refractivity (Wildman–Crippen MR) is 88.3 cm³/mol. The lowest BCUT2D eigenvalue weighted by Gasteiger charge is -2.37. The fraction of sp³-hybridized carbons (Fsp3) is 0.421. The Labute approximate surface area is 132 Å². The number of fused-ring (bicyclic) bond motifs is 1. The molecule has 2 aliphatic carbocycles. The van der Waals surface area contributed by atoms with E-state index in [4.69, 9.17) is 5.73 Å². The van der Waals surface area contributed by atoms with Gasteiger partial charge in [-0.15, -0.1) is 0 Å². The average Bonchev–Trinajstić information content (AvgIpc) is 2.83. The zero-order valence-corrected chi connectivity index (χ0v) is 12.8. The van der Waals surface area contributed by atoms with Crippen molar-refractivity contribution in [2.24, 2.45) is 11.7 Å². The van der Waals surface area contributed by atoms with Crippen molar-refractivity contribution in [1.82, 2.24) is 10.3 Å². The SMILES string of the molecule is N[C@@H]1c2ccccc2C[C@H]1NC(c1cccnc1)C1CCC1. The van der Waals surface area contributed by atoms with E-state index in [0.717, 1.165) is 12.3 Å². The molecule has 114 valence electrons. The summed E-state index contributed by atoms with van der Waals surface area (Å²) in [6.07, 6.45) is 8.84. The van der Waals surface area contributed by atoms with Crippen molar-refractivity contribution in [3.8, 4) is 0 Å². The van der Waals surface area contributed by atoms with Gasteiger partial charge in [0, 0.05) is 30.5 Å². The minimum absolute atomic E-state index is 0.0930. The molecule has 0 spiro atoms. The summed E-state index contributed by atoms with van der Waals surface area (Å²) in [5, 5.41) is 3.87. The van der Waals surface area contributed by atoms with Crippen molar-refractivity contribution in [3.05, 3.63) is 65.5 Å². The highest BCUT2D eigenvalue weighted by Crippen LogP contribution is 2.39. The quantitative estimate of drug-likeness (QED) is 0.910. The van der Waals surface area contributed by atoms with Gasteiger partial charge in [-0.05, 0) is 47.9 Å². The average molecular weight is 293 g/mol. The molecule has 1 aromatic carbocycles. The van der Waals surface area contributed by atoms with E-state index >= 15 is 0 Å². The molecule has 1 heterocycles. The third-order valence-electron chi connectivity index (χ3n) is 5.35. The van der Waals surface area contributed by atoms with E-state index in [2.05, 4.69) is 40.6 Å². The summed E-state index contributed by atoms with van der Waals surface area (Å²) >= 11 is 0. The molecular weight excluding hydrogens is 270 g/mol. The van der Waals surface area contributed by atoms with Crippen LogP contribution in [0.4, 0.5) is 0 Å². The maximum absolute atomic E-state index is 6.50. The highest BCUT2D eigenvalue weighted by Gasteiger charge is 2.35. The standard InChI is InChI=1S/C19H23N3/c20-18-16-9-2-1-5-14(16)11-17(18)22-19(13-6-3-7-13)15-8-4-10-21-12-15/h1-2,4-5,8-10,12-13,17-19,22H,3,6-7,11,20H2/t17-,18-,19?/m1/s1. The highest BCUT2D eigenvalue weighted by atomic mass is 15.0. The number of nitrogens with zero attached hydrogens (tertiary/aromatic N) is 1. The lowest BCUT2D eigenvalue weighted by atomic mass is 9.77. The van der Waals surface area contributed by atoms with Gasteiger partial charge in [0.15, 0.2) is 0 Å². The van der Waals surface area contributed by atoms with Crippen molar-refractivity contribution in [3.63, 3.8) is 0 Å². The smallest absolute Gasteiger partial charge is 0.0457 e. The number of nitrogens with two attached hydrogens (primary N) is 1. The van der Waals surface area contributed by atoms with E-state index in [9.17, 15) is 0 Å². The molecule has 1 unspecified atom stereocenters. The first-order chi connectivity index (χ1) is 10.8. The third kappa shape index (κ3) is 2.44. The summed E-state index contributed by atoms with van der Waals surface area (Å²) in [5.74, 6) is 0.722. The molecule has 1 saturated carbocycles. The lowest BCUT2D eigenvalue weighted by Crippen LogP contribution is -2.43. The van der Waals surface area contributed by atoms with E-state index in [-0.39, 0.29) is 6.04 Å². The molecule has 0 bridgehead atoms. The monoisotopic (exact) mass is 293 g/mol. The number of pyridine rings is 1. The summed E-state index contributed by atoms with van der Waals surface area (Å²) in [7, 11) is 0. The summed E-state index contributed by atoms with van der Waals surface area (Å²) in [5.41, 5.74) is 10.5. The van der Waals surface area contributed by atoms with Crippen molar-refractivity contribution in [1.29, 1.82) is 0 Å². The number of rotatable bonds is 4. The first kappa shape index (κ1) is 13.9. The van der Waals surface area contributed by atoms with E-state index in [1.54, 1.807) is 0 Å². The topological polar surface area (TPSA) is 50.9 Å². The second-order valence-electron chi connectivity index (χ2n) is 6.66. The summed E-state index contributed by atoms with van der Waals surface area (Å²) < 4.78 is 0. The van der Waals surface area contributed by atoms with Crippen molar-refractivity contribution in [2.75, 3.05) is 0 Å². The molecule has 1 aromatic heterocycles. The van der Waals surface area contributed by atoms with Gasteiger partial charge in [-0.2, -0.15) is 0 Å². The zero-order valence-electron chi connectivity index (χ0n) is 12.8. The van der Waals surface area contributed by atoms with Crippen LogP contribution in [-0.4, -0.2) is 11.0 Å². The first-order valence-corrected chi connectivity index (χ1v) is 8.32. The van der Waals surface area contributed by atoms with Crippen LogP contribution in [-0.2, 0) is 6.42 Å². The number of nitrogens with one attached hydrogen (secondary N) is 1. The van der Waals surface area contributed by atoms with Gasteiger partial charge in [0.2, 0.25) is 0 Å². The molecule has 0 aliphatic heterocycles. The number of benzene rings is 1. The Morgan fingerprint density at radius 2 is 2.00 bits per heavy atom. The van der Waals surface area contributed by atoms with E-state index < -0.39 is 0 Å². The van der Waals surface area contributed by atoms with Gasteiger partial charge in [-0.3, -0.25) is 4.98 Å². The molecule has 22 heavy (non-hydrogen) atoms. The van der Waals surface area contributed by atoms with E-state index in [1.807, 2.05) is 18.5 Å². The molecule has 3 N–H and O–H groups in total. The molecule has 0 amide bonds. The number of aromatic nitrogens is 1. The number of hydrogen-bond acceptors (Lipinski definition) is 3. The van der Waals surface area contributed by atoms with Gasteiger partial charge < -0.3 is 11.1 Å². The normalized spacial score (nSPS) is 25.5. The Morgan fingerprint density at radius 3 is 2.68 bits per heavy atom. The van der Waals surface area contributed by atoms with Crippen LogP contribution in [0.25, 0.3) is 0 Å². The predicted octanol–water partition coefficient (Wildman–Crippen LogP) is 3.14. The molecule has 0 saturated heterocycles. The lowest BCUT2D eigenvalue weighted by molar-refractivity contribution is 0.210. The highest BCUT2D eigenvalue weighted by molar-refractivity contribution is 5.37. The van der Waals surface area contributed by atoms with Crippen molar-refractivity contribution >= 4 is 0 Å². The van der Waals surface area contributed by atoms with Crippen LogP contribution in [0.5, 0.6) is 0 Å². The fourth-order valence-corrected chi connectivity index (χ4v) is 3.86. The summed E-state index contributed by atoms with van der Waals surface area (Å²) in [6, 6.07) is 13.6. The molecule has 4 rings (SSSR count). The largest absolute Gasteiger partial charge is 0.323 e. The van der Waals surface area contributed by atoms with Gasteiger partial charge in [-0.25, -0.2) is 0 Å². The van der Waals surface area contributed by atoms with E-state index in [1.165, 1.54) is 36.0 Å². The molecule has 3 heteroatoms. The maximum atomic E-state index is 6.50. The Hall–Kier alpha value is -1.71. The van der Waals surface area contributed by atoms with Crippen LogP contribution in [0, 0.1) is 5.92 Å². The minimum atomic E-state index is 0.0930. The molecular formula is C19H23N3. The maximum Gasteiger partial charge on any atom is 0.0457 e. The molecule has 2 aliphatic rings. The van der Waals surface area contributed by atoms with Crippen molar-refractivity contribution < 1.29 is 0 Å². The van der Waals surface area contributed by atoms with Crippen LogP contribution < -0.4 is 11.1 Å². The van der Waals surface area contributed by atoms with Crippen LogP contribution >= 0.6 is 0 Å². The van der Waals surface area contributed by atoms with Crippen LogP contribution in [0.2, 0.25) is 0 Å². The zero-order chi connectivity index (χ0) is 14.9. The van der Waals surface area contributed by atoms with Gasteiger partial charge in [-0.1, -0.05) is 36.8 Å². The second-order valence-corrected chi connectivity index (χ2v) is 6.66. The Morgan fingerprint density at radius 1 is 1.14 bits per heavy atom. The van der Waals surface area contributed by atoms with Crippen LogP contribution in [0.15, 0.2) is 48.8 Å². The fourth-order valence-electron chi connectivity index (χ4n) is 3.86. The third-order valence-corrected chi connectivity index (χ3v) is 5.35. The number of hydrogen-bond donors (Lipinski definition) is 2. The molecule has 0 radical (unpaired) electrons. The first-order valence-electron chi connectivity index (χ1n) is 8.32. The van der Waals surface area contributed by atoms with Gasteiger partial charge in [0.1, 0.15) is 0 Å². The molecule has 3 nitrogen and oxygen atoms in total. The van der Waals surface area contributed by atoms with Gasteiger partial charge in [0.25, 0.3) is 0 Å². The molecule has 1 fully saturated rings. The molecule has 3 atom stereocenters. The minimum Gasteiger partial charge on any atom is -0.323 e. The Kier molecular flexibility index (Phi) is 3.68. The van der Waals surface area contributed by atoms with E-state index in [0.29, 0.717) is 12.1 Å². The second kappa shape index (κ2) is 5.82. The van der Waals surface area contributed by atoms with Gasteiger partial charge >= 0.3 is 0 Å². The summed E-state index contributed by atoms with van der Waals surface area (Å²) in [6.45, 7) is 0. The summed E-state index contributed by atoms with van der Waals surface area (Å²) in [4.78, 5) is 4.31. The van der Waals surface area contributed by atoms with Crippen molar-refractivity contribution in [2.45, 2.75) is 43.8 Å². The van der Waals surface area contributed by atoms with Crippen LogP contribution in [0.1, 0.15) is 48.0 Å². The van der Waals surface area contributed by atoms with Gasteiger partial charge in [0.05, 0.1) is 0 Å². The Balaban J connectivity index is 1.56. The Bertz CT molecular complexity index is 636.